The summed E-state index contributed by atoms with van der Waals surface area (Å²) < 4.78 is 2.15. The second kappa shape index (κ2) is 4.08. The molecule has 0 radical (unpaired) electrons. The molecular weight excluding hydrogens is 272 g/mol. The molecule has 1 amide bonds. The first-order valence-corrected chi connectivity index (χ1v) is 6.25. The first-order valence-electron chi connectivity index (χ1n) is 5.05. The van der Waals surface area contributed by atoms with Gasteiger partial charge >= 0.3 is 0 Å². The van der Waals surface area contributed by atoms with E-state index in [1.165, 1.54) is 0 Å². The number of carbonyl (C=O) groups excluding carboxylic acids is 1. The van der Waals surface area contributed by atoms with E-state index in [1.807, 2.05) is 24.4 Å². The van der Waals surface area contributed by atoms with Crippen LogP contribution in [-0.4, -0.2) is 20.5 Å². The summed E-state index contributed by atoms with van der Waals surface area (Å²) in [5, 5.41) is 4.40. The Balaban J connectivity index is 2.23. The van der Waals surface area contributed by atoms with Gasteiger partial charge in [-0.25, -0.2) is 9.50 Å². The molecule has 3 aromatic rings. The number of fused-ring (bicyclic) bond motifs is 1. The third kappa shape index (κ3) is 1.66. The molecule has 3 aromatic heterocycles. The number of primary amides is 1. The molecule has 0 spiro atoms. The maximum atomic E-state index is 11.1. The number of hydrogen-bond acceptors (Lipinski definition) is 4. The van der Waals surface area contributed by atoms with Crippen molar-refractivity contribution < 1.29 is 4.79 Å². The summed E-state index contributed by atoms with van der Waals surface area (Å²) in [4.78, 5) is 15.3. The summed E-state index contributed by atoms with van der Waals surface area (Å²) in [5.74, 6) is -0.579. The highest BCUT2D eigenvalue weighted by Gasteiger charge is 2.17. The number of nitrogens with two attached hydrogens (primary N) is 1. The molecule has 0 saturated carbocycles. The molecule has 2 N–H and O–H groups in total. The van der Waals surface area contributed by atoms with Crippen LogP contribution in [0.15, 0.2) is 30.6 Å². The molecule has 0 aliphatic carbocycles. The number of halogens is 1. The number of carbonyl (C=O) groups is 1. The quantitative estimate of drug-likeness (QED) is 0.781. The third-order valence-corrected chi connectivity index (χ3v) is 3.75. The predicted molar refractivity (Wildman–Crippen MR) is 69.8 cm³/mol. The van der Waals surface area contributed by atoms with E-state index in [-0.39, 0.29) is 5.01 Å². The number of aromatic nitrogens is 3. The smallest absolute Gasteiger partial charge is 0.277 e. The van der Waals surface area contributed by atoms with Crippen molar-refractivity contribution in [1.82, 2.24) is 14.6 Å². The van der Waals surface area contributed by atoms with Crippen LogP contribution >= 0.6 is 22.9 Å². The number of thiazole rings is 1. The molecule has 0 aliphatic rings. The van der Waals surface area contributed by atoms with Crippen molar-refractivity contribution in [3.8, 4) is 11.3 Å². The number of hydrogen-bond donors (Lipinski definition) is 1. The molecule has 0 fully saturated rings. The molecular formula is C11H7ClN4OS. The molecule has 0 unspecified atom stereocenters. The van der Waals surface area contributed by atoms with E-state index in [2.05, 4.69) is 10.1 Å². The van der Waals surface area contributed by atoms with Crippen molar-refractivity contribution in [2.24, 2.45) is 5.73 Å². The monoisotopic (exact) mass is 278 g/mol. The minimum Gasteiger partial charge on any atom is -0.364 e. The van der Waals surface area contributed by atoms with Gasteiger partial charge in [0.25, 0.3) is 5.91 Å². The van der Waals surface area contributed by atoms with Gasteiger partial charge in [0.05, 0.1) is 11.7 Å². The summed E-state index contributed by atoms with van der Waals surface area (Å²) in [6.45, 7) is 0. The molecule has 0 bridgehead atoms. The highest BCUT2D eigenvalue weighted by atomic mass is 35.5. The van der Waals surface area contributed by atoms with Crippen molar-refractivity contribution in [3.05, 3.63) is 39.9 Å². The Hall–Kier alpha value is -1.92. The van der Waals surface area contributed by atoms with Gasteiger partial charge in [-0.3, -0.25) is 4.79 Å². The average molecular weight is 279 g/mol. The van der Waals surface area contributed by atoms with E-state index in [0.29, 0.717) is 10.0 Å². The number of amides is 1. The molecule has 0 aliphatic heterocycles. The summed E-state index contributed by atoms with van der Waals surface area (Å²) in [6.07, 6.45) is 3.50. The molecule has 0 saturated heterocycles. The van der Waals surface area contributed by atoms with E-state index in [1.54, 1.807) is 10.7 Å². The molecule has 7 heteroatoms. The van der Waals surface area contributed by atoms with Crippen LogP contribution in [-0.2, 0) is 0 Å². The predicted octanol–water partition coefficient (Wildman–Crippen LogP) is 2.21. The summed E-state index contributed by atoms with van der Waals surface area (Å²) in [6, 6.07) is 5.68. The lowest BCUT2D eigenvalue weighted by Crippen LogP contribution is -2.10. The second-order valence-electron chi connectivity index (χ2n) is 3.59. The van der Waals surface area contributed by atoms with Crippen LogP contribution in [0.1, 0.15) is 9.80 Å². The Labute approximate surface area is 111 Å². The zero-order valence-corrected chi connectivity index (χ0v) is 10.6. The van der Waals surface area contributed by atoms with Crippen molar-refractivity contribution in [2.45, 2.75) is 0 Å². The largest absolute Gasteiger partial charge is 0.364 e. The Morgan fingerprint density at radius 1 is 1.44 bits per heavy atom. The SMILES string of the molecule is NC(=O)c1nc(-c2cnn3ccccc23)c(Cl)s1. The molecule has 3 rings (SSSR count). The maximum Gasteiger partial charge on any atom is 0.277 e. The molecule has 0 aromatic carbocycles. The van der Waals surface area contributed by atoms with E-state index in [0.717, 1.165) is 22.4 Å². The molecule has 0 atom stereocenters. The van der Waals surface area contributed by atoms with Gasteiger partial charge in [0.15, 0.2) is 5.01 Å². The Morgan fingerprint density at radius 3 is 3.00 bits per heavy atom. The van der Waals surface area contributed by atoms with E-state index >= 15 is 0 Å². The minimum atomic E-state index is -0.579. The van der Waals surface area contributed by atoms with Gasteiger partial charge in [0, 0.05) is 11.8 Å². The molecule has 18 heavy (non-hydrogen) atoms. The fourth-order valence-corrected chi connectivity index (χ4v) is 2.71. The topological polar surface area (TPSA) is 73.3 Å². The molecule has 3 heterocycles. The van der Waals surface area contributed by atoms with Crippen LogP contribution in [0.2, 0.25) is 4.34 Å². The zero-order valence-electron chi connectivity index (χ0n) is 9.00. The third-order valence-electron chi connectivity index (χ3n) is 2.48. The number of nitrogens with zero attached hydrogens (tertiary/aromatic N) is 3. The van der Waals surface area contributed by atoms with Crippen LogP contribution in [0.4, 0.5) is 0 Å². The zero-order chi connectivity index (χ0) is 12.7. The number of rotatable bonds is 2. The average Bonchev–Trinajstić information content (AvgIpc) is 2.92. The van der Waals surface area contributed by atoms with Crippen LogP contribution in [0.5, 0.6) is 0 Å². The van der Waals surface area contributed by atoms with Crippen LogP contribution in [0, 0.1) is 0 Å². The van der Waals surface area contributed by atoms with Crippen molar-refractivity contribution >= 4 is 34.4 Å². The lowest BCUT2D eigenvalue weighted by molar-refractivity contribution is 0.1000. The Morgan fingerprint density at radius 2 is 2.28 bits per heavy atom. The van der Waals surface area contributed by atoms with Crippen LogP contribution < -0.4 is 5.73 Å². The van der Waals surface area contributed by atoms with Gasteiger partial charge in [-0.2, -0.15) is 5.10 Å². The van der Waals surface area contributed by atoms with Crippen molar-refractivity contribution in [1.29, 1.82) is 0 Å². The van der Waals surface area contributed by atoms with Gasteiger partial charge in [0.1, 0.15) is 10.0 Å². The van der Waals surface area contributed by atoms with Gasteiger partial charge < -0.3 is 5.73 Å². The highest BCUT2D eigenvalue weighted by molar-refractivity contribution is 7.18. The lowest BCUT2D eigenvalue weighted by atomic mass is 10.2. The first kappa shape index (κ1) is 11.2. The first-order chi connectivity index (χ1) is 8.66. The summed E-state index contributed by atoms with van der Waals surface area (Å²) >= 11 is 7.16. The normalized spacial score (nSPS) is 10.9. The van der Waals surface area contributed by atoms with Gasteiger partial charge in [0.2, 0.25) is 0 Å². The van der Waals surface area contributed by atoms with Gasteiger partial charge in [-0.15, -0.1) is 0 Å². The summed E-state index contributed by atoms with van der Waals surface area (Å²) in [5.41, 5.74) is 7.39. The fraction of sp³-hybridized carbons (Fsp3) is 0. The van der Waals surface area contributed by atoms with E-state index < -0.39 is 5.91 Å². The van der Waals surface area contributed by atoms with Gasteiger partial charge in [-0.1, -0.05) is 29.0 Å². The van der Waals surface area contributed by atoms with Gasteiger partial charge in [-0.05, 0) is 12.1 Å². The van der Waals surface area contributed by atoms with Crippen molar-refractivity contribution in [3.63, 3.8) is 0 Å². The van der Waals surface area contributed by atoms with Crippen LogP contribution in [0.3, 0.4) is 0 Å². The van der Waals surface area contributed by atoms with Crippen molar-refractivity contribution in [2.75, 3.05) is 0 Å². The fourth-order valence-electron chi connectivity index (χ4n) is 1.69. The van der Waals surface area contributed by atoms with E-state index in [4.69, 9.17) is 17.3 Å². The van der Waals surface area contributed by atoms with Crippen LogP contribution in [0.25, 0.3) is 16.8 Å². The highest BCUT2D eigenvalue weighted by Crippen LogP contribution is 2.34. The maximum absolute atomic E-state index is 11.1. The Bertz CT molecular complexity index is 748. The minimum absolute atomic E-state index is 0.199. The molecule has 5 nitrogen and oxygen atoms in total. The Kier molecular flexibility index (Phi) is 2.53. The number of pyridine rings is 1. The molecule has 90 valence electrons. The second-order valence-corrected chi connectivity index (χ2v) is 5.20. The standard InChI is InChI=1S/C11H7ClN4OS/c12-9-8(15-11(18-9)10(13)17)6-5-14-16-4-2-1-3-7(6)16/h1-5H,(H2,13,17). The lowest BCUT2D eigenvalue weighted by Gasteiger charge is -1.95. The summed E-state index contributed by atoms with van der Waals surface area (Å²) in [7, 11) is 0. The van der Waals surface area contributed by atoms with E-state index in [9.17, 15) is 4.79 Å².